The predicted octanol–water partition coefficient (Wildman–Crippen LogP) is 5.53. The summed E-state index contributed by atoms with van der Waals surface area (Å²) in [5.41, 5.74) is 1.23. The van der Waals surface area contributed by atoms with Crippen LogP contribution in [0.2, 0.25) is 0 Å². The standard InChI is InChI=1S/C18H15FN4O4S2.C11H13N3O2S.FH.H2/c1-26-14-4-3-12(17(8-14)27-2)10-23(18-21-11-22-28-18)29(24,25)15-5-6-16(19)13(7-15)9-20;1-15-9-4-3-8(10(5-9)16-2)6-12-11-13-7-14-17-11;;/h3-8,11H,10H2,1-2H3;3-5,7H,6H2,1-2H3,(H,12,13,14);2*1H. The number of sulfonamides is 1. The summed E-state index contributed by atoms with van der Waals surface area (Å²) in [7, 11) is 2.07. The van der Waals surface area contributed by atoms with E-state index in [0.717, 1.165) is 56.2 Å². The van der Waals surface area contributed by atoms with Crippen molar-refractivity contribution in [2.24, 2.45) is 0 Å². The lowest BCUT2D eigenvalue weighted by atomic mass is 10.2. The molecule has 3 aromatic carbocycles. The van der Waals surface area contributed by atoms with Crippen LogP contribution in [0.15, 0.2) is 72.1 Å². The molecular formula is C29H31F2N7O6S3. The molecule has 0 fully saturated rings. The van der Waals surface area contributed by atoms with Gasteiger partial charge in [0.05, 0.1) is 45.4 Å². The van der Waals surface area contributed by atoms with Crippen LogP contribution in [0.1, 0.15) is 18.1 Å². The number of halogens is 2. The summed E-state index contributed by atoms with van der Waals surface area (Å²) in [6, 6.07) is 15.4. The molecule has 0 bridgehead atoms. The fourth-order valence-electron chi connectivity index (χ4n) is 3.97. The lowest BCUT2D eigenvalue weighted by Gasteiger charge is -2.22. The van der Waals surface area contributed by atoms with Gasteiger partial charge in [-0.2, -0.15) is 14.0 Å². The maximum Gasteiger partial charge on any atom is 0.266 e. The van der Waals surface area contributed by atoms with E-state index in [-0.39, 0.29) is 28.3 Å². The van der Waals surface area contributed by atoms with Gasteiger partial charge >= 0.3 is 0 Å². The number of anilines is 2. The van der Waals surface area contributed by atoms with Crippen LogP contribution in [0.4, 0.5) is 19.4 Å². The Hall–Kier alpha value is -5.12. The van der Waals surface area contributed by atoms with Gasteiger partial charge in [0, 0.05) is 54.3 Å². The molecule has 1 N–H and O–H groups in total. The summed E-state index contributed by atoms with van der Waals surface area (Å²) < 4.78 is 70.1. The van der Waals surface area contributed by atoms with Gasteiger partial charge in [-0.05, 0) is 42.5 Å². The number of aromatic nitrogens is 4. The first kappa shape index (κ1) is 36.3. The highest BCUT2D eigenvalue weighted by Crippen LogP contribution is 2.32. The number of nitrogens with one attached hydrogen (secondary N) is 1. The largest absolute Gasteiger partial charge is 0.497 e. The number of hydrogen-bond donors (Lipinski definition) is 1. The number of rotatable bonds is 12. The molecule has 18 heteroatoms. The van der Waals surface area contributed by atoms with Crippen LogP contribution < -0.4 is 28.6 Å². The normalized spacial score (nSPS) is 10.4. The van der Waals surface area contributed by atoms with Crippen LogP contribution in [0.5, 0.6) is 23.0 Å². The highest BCUT2D eigenvalue weighted by atomic mass is 32.2. The monoisotopic (exact) mass is 707 g/mol. The third kappa shape index (κ3) is 9.00. The predicted molar refractivity (Wildman–Crippen MR) is 175 cm³/mol. The average molecular weight is 708 g/mol. The molecule has 0 amide bonds. The number of benzene rings is 3. The number of hydrogen-bond acceptors (Lipinski definition) is 14. The van der Waals surface area contributed by atoms with E-state index in [2.05, 4.69) is 24.0 Å². The van der Waals surface area contributed by atoms with Crippen LogP contribution in [0.3, 0.4) is 0 Å². The molecule has 0 saturated heterocycles. The van der Waals surface area contributed by atoms with E-state index in [1.165, 1.54) is 38.4 Å². The molecule has 0 atom stereocenters. The van der Waals surface area contributed by atoms with Gasteiger partial charge in [-0.1, -0.05) is 0 Å². The van der Waals surface area contributed by atoms with E-state index < -0.39 is 15.8 Å². The number of nitriles is 1. The molecule has 47 heavy (non-hydrogen) atoms. The summed E-state index contributed by atoms with van der Waals surface area (Å²) in [6.07, 6.45) is 2.76. The van der Waals surface area contributed by atoms with E-state index in [9.17, 15) is 12.8 Å². The summed E-state index contributed by atoms with van der Waals surface area (Å²) in [5, 5.41) is 13.1. The smallest absolute Gasteiger partial charge is 0.266 e. The maximum absolute atomic E-state index is 13.7. The lowest BCUT2D eigenvalue weighted by molar-refractivity contribution is 0.391. The molecule has 250 valence electrons. The van der Waals surface area contributed by atoms with Crippen LogP contribution in [-0.4, -0.2) is 55.6 Å². The fourth-order valence-corrected chi connectivity index (χ4v) is 6.55. The van der Waals surface area contributed by atoms with Gasteiger partial charge in [0.15, 0.2) is 0 Å². The van der Waals surface area contributed by atoms with Gasteiger partial charge in [-0.25, -0.2) is 27.1 Å². The first-order valence-corrected chi connectivity index (χ1v) is 16.1. The Morgan fingerprint density at radius 3 is 2.04 bits per heavy atom. The minimum Gasteiger partial charge on any atom is -0.497 e. The maximum atomic E-state index is 13.7. The first-order valence-electron chi connectivity index (χ1n) is 13.2. The number of nitrogens with zero attached hydrogens (tertiary/aromatic N) is 6. The zero-order valence-electron chi connectivity index (χ0n) is 25.4. The van der Waals surface area contributed by atoms with Crippen LogP contribution in [0, 0.1) is 17.1 Å². The highest BCUT2D eigenvalue weighted by Gasteiger charge is 2.29. The van der Waals surface area contributed by atoms with Crippen molar-refractivity contribution >= 4 is 43.4 Å². The first-order chi connectivity index (χ1) is 22.2. The average Bonchev–Trinajstić information content (AvgIpc) is 3.82. The van der Waals surface area contributed by atoms with Crippen molar-refractivity contribution in [2.75, 3.05) is 38.1 Å². The van der Waals surface area contributed by atoms with Crippen molar-refractivity contribution in [1.29, 1.82) is 5.26 Å². The number of ether oxygens (including phenoxy) is 4. The summed E-state index contributed by atoms with van der Waals surface area (Å²) in [4.78, 5) is 7.82. The summed E-state index contributed by atoms with van der Waals surface area (Å²) in [6.45, 7) is 0.520. The minimum atomic E-state index is -4.18. The SMILES string of the molecule is COc1ccc(CN(c2ncns2)S(=O)(=O)c2ccc(F)c(C#N)c2)c(OC)c1.COc1ccc(CNc2ncns2)c(OC)c1.F.[HH]. The molecule has 5 rings (SSSR count). The van der Waals surface area contributed by atoms with Crippen molar-refractivity contribution in [2.45, 2.75) is 18.0 Å². The Kier molecular flexibility index (Phi) is 13.1. The molecule has 2 aromatic heterocycles. The van der Waals surface area contributed by atoms with Crippen molar-refractivity contribution in [3.8, 4) is 29.1 Å². The van der Waals surface area contributed by atoms with Gasteiger partial charge in [0.2, 0.25) is 10.3 Å². The van der Waals surface area contributed by atoms with E-state index in [4.69, 9.17) is 24.2 Å². The Morgan fingerprint density at radius 2 is 1.49 bits per heavy atom. The minimum absolute atomic E-state index is 0. The fraction of sp³-hybridized carbons (Fsp3) is 0.207. The zero-order valence-corrected chi connectivity index (χ0v) is 27.9. The summed E-state index contributed by atoms with van der Waals surface area (Å²) >= 11 is 2.21. The highest BCUT2D eigenvalue weighted by molar-refractivity contribution is 7.93. The Morgan fingerprint density at radius 1 is 0.872 bits per heavy atom. The number of methoxy groups -OCH3 is 4. The lowest BCUT2D eigenvalue weighted by Crippen LogP contribution is -2.30. The van der Waals surface area contributed by atoms with Gasteiger partial charge in [-0.15, -0.1) is 0 Å². The zero-order chi connectivity index (χ0) is 33.1. The van der Waals surface area contributed by atoms with Crippen molar-refractivity contribution < 1.29 is 37.9 Å². The molecular weight excluding hydrogens is 677 g/mol. The molecule has 0 saturated carbocycles. The molecule has 0 aliphatic heterocycles. The van der Waals surface area contributed by atoms with Crippen LogP contribution in [0.25, 0.3) is 0 Å². The second kappa shape index (κ2) is 17.0. The molecule has 5 aromatic rings. The molecule has 0 unspecified atom stereocenters. The quantitative estimate of drug-likeness (QED) is 0.173. The van der Waals surface area contributed by atoms with E-state index in [1.54, 1.807) is 38.5 Å². The topological polar surface area (TPSA) is 162 Å². The molecule has 0 aliphatic carbocycles. The second-order valence-electron chi connectivity index (χ2n) is 8.94. The van der Waals surface area contributed by atoms with Gasteiger partial charge in [-0.3, -0.25) is 4.70 Å². The third-order valence-corrected chi connectivity index (χ3v) is 9.46. The van der Waals surface area contributed by atoms with Gasteiger partial charge < -0.3 is 24.3 Å². The van der Waals surface area contributed by atoms with E-state index in [1.807, 2.05) is 18.2 Å². The van der Waals surface area contributed by atoms with E-state index in [0.29, 0.717) is 23.6 Å². The van der Waals surface area contributed by atoms with Crippen LogP contribution >= 0.6 is 23.1 Å². The van der Waals surface area contributed by atoms with Crippen molar-refractivity contribution in [3.63, 3.8) is 0 Å². The molecule has 2 heterocycles. The summed E-state index contributed by atoms with van der Waals surface area (Å²) in [5.74, 6) is 1.74. The van der Waals surface area contributed by atoms with Crippen LogP contribution in [-0.2, 0) is 23.1 Å². The van der Waals surface area contributed by atoms with Crippen molar-refractivity contribution in [3.05, 3.63) is 89.8 Å². The molecule has 0 radical (unpaired) electrons. The molecule has 13 nitrogen and oxygen atoms in total. The van der Waals surface area contributed by atoms with Crippen molar-refractivity contribution in [1.82, 2.24) is 18.7 Å². The second-order valence-corrected chi connectivity index (χ2v) is 12.3. The van der Waals surface area contributed by atoms with E-state index >= 15 is 0 Å². The van der Waals surface area contributed by atoms with Gasteiger partial charge in [0.25, 0.3) is 10.0 Å². The Bertz CT molecular complexity index is 1900. The third-order valence-electron chi connectivity index (χ3n) is 6.30. The molecule has 0 aliphatic rings. The van der Waals surface area contributed by atoms with Gasteiger partial charge in [0.1, 0.15) is 47.5 Å². The molecule has 0 spiro atoms. The Labute approximate surface area is 279 Å². The Balaban J connectivity index is 0.000000361.